The third kappa shape index (κ3) is 9.41. The Labute approximate surface area is 136 Å². The first kappa shape index (κ1) is 18.5. The Kier molecular flexibility index (Phi) is 9.34. The number of nitrogens with one attached hydrogen (secondary N) is 2. The predicted octanol–water partition coefficient (Wildman–Crippen LogP) is 2.29. The van der Waals surface area contributed by atoms with Gasteiger partial charge in [0.25, 0.3) is 0 Å². The molecule has 0 unspecified atom stereocenters. The van der Waals surface area contributed by atoms with Crippen molar-refractivity contribution < 1.29 is 14.3 Å². The molecule has 6 heteroatoms. The van der Waals surface area contributed by atoms with Gasteiger partial charge >= 0.3 is 0 Å². The maximum Gasteiger partial charge on any atom is 0.234 e. The van der Waals surface area contributed by atoms with Crippen molar-refractivity contribution in [2.24, 2.45) is 0 Å². The fraction of sp³-hybridized carbons (Fsp3) is 0.500. The van der Waals surface area contributed by atoms with E-state index in [2.05, 4.69) is 10.6 Å². The van der Waals surface area contributed by atoms with Crippen LogP contribution in [0.2, 0.25) is 0 Å². The average molecular weight is 324 g/mol. The van der Waals surface area contributed by atoms with Crippen molar-refractivity contribution in [1.29, 1.82) is 0 Å². The van der Waals surface area contributed by atoms with Crippen LogP contribution in [0.25, 0.3) is 0 Å². The van der Waals surface area contributed by atoms with Crippen LogP contribution < -0.4 is 10.6 Å². The van der Waals surface area contributed by atoms with Crippen LogP contribution in [0.3, 0.4) is 0 Å². The molecule has 122 valence electrons. The number of thioether (sulfide) groups is 1. The highest BCUT2D eigenvalue weighted by Crippen LogP contribution is 2.07. The lowest BCUT2D eigenvalue weighted by molar-refractivity contribution is -0.118. The number of hydrogen-bond acceptors (Lipinski definition) is 4. The zero-order valence-electron chi connectivity index (χ0n) is 13.1. The highest BCUT2D eigenvalue weighted by molar-refractivity contribution is 8.00. The van der Waals surface area contributed by atoms with Gasteiger partial charge in [-0.2, -0.15) is 0 Å². The predicted molar refractivity (Wildman–Crippen MR) is 91.1 cm³/mol. The van der Waals surface area contributed by atoms with E-state index in [1.54, 1.807) is 0 Å². The van der Waals surface area contributed by atoms with Gasteiger partial charge in [-0.25, -0.2) is 0 Å². The van der Waals surface area contributed by atoms with Crippen molar-refractivity contribution >= 4 is 29.3 Å². The first-order valence-electron chi connectivity index (χ1n) is 7.39. The summed E-state index contributed by atoms with van der Waals surface area (Å²) in [6.07, 6.45) is 1.01. The number of ether oxygens (including phenoxy) is 1. The van der Waals surface area contributed by atoms with E-state index in [0.29, 0.717) is 13.2 Å². The molecule has 0 radical (unpaired) electrons. The maximum absolute atomic E-state index is 11.7. The van der Waals surface area contributed by atoms with Crippen LogP contribution in [0.4, 0.5) is 5.69 Å². The Hall–Kier alpha value is -1.53. The highest BCUT2D eigenvalue weighted by atomic mass is 32.2. The van der Waals surface area contributed by atoms with Crippen LogP contribution in [0.1, 0.15) is 20.3 Å². The molecule has 0 atom stereocenters. The lowest BCUT2D eigenvalue weighted by Gasteiger charge is -2.08. The largest absolute Gasteiger partial charge is 0.379 e. The fourth-order valence-corrected chi connectivity index (χ4v) is 2.27. The van der Waals surface area contributed by atoms with E-state index < -0.39 is 0 Å². The Bertz CT molecular complexity index is 452. The lowest BCUT2D eigenvalue weighted by atomic mass is 10.3. The van der Waals surface area contributed by atoms with Crippen molar-refractivity contribution in [3.05, 3.63) is 30.3 Å². The Balaban J connectivity index is 2.03. The van der Waals surface area contributed by atoms with Crippen LogP contribution in [0.5, 0.6) is 0 Å². The molecule has 22 heavy (non-hydrogen) atoms. The molecule has 0 saturated carbocycles. The highest BCUT2D eigenvalue weighted by Gasteiger charge is 2.05. The number of amides is 2. The zero-order chi connectivity index (χ0) is 16.2. The van der Waals surface area contributed by atoms with Crippen molar-refractivity contribution in [2.75, 3.05) is 30.0 Å². The third-order valence-electron chi connectivity index (χ3n) is 2.62. The number of carbonyl (C=O) groups is 2. The molecule has 0 aliphatic rings. The van der Waals surface area contributed by atoms with E-state index in [1.807, 2.05) is 44.2 Å². The molecular weight excluding hydrogens is 300 g/mol. The summed E-state index contributed by atoms with van der Waals surface area (Å²) < 4.78 is 5.38. The molecule has 5 nitrogen and oxygen atoms in total. The molecule has 0 aliphatic heterocycles. The second kappa shape index (κ2) is 11.1. The summed E-state index contributed by atoms with van der Waals surface area (Å²) in [4.78, 5) is 23.3. The van der Waals surface area contributed by atoms with Crippen LogP contribution in [0, 0.1) is 0 Å². The fourth-order valence-electron chi connectivity index (χ4n) is 1.63. The molecule has 1 rings (SSSR count). The van der Waals surface area contributed by atoms with Crippen molar-refractivity contribution in [1.82, 2.24) is 5.32 Å². The van der Waals surface area contributed by atoms with Crippen molar-refractivity contribution in [3.63, 3.8) is 0 Å². The zero-order valence-corrected chi connectivity index (χ0v) is 13.9. The van der Waals surface area contributed by atoms with E-state index in [1.165, 1.54) is 11.8 Å². The molecule has 0 fully saturated rings. The van der Waals surface area contributed by atoms with Gasteiger partial charge in [0.1, 0.15) is 0 Å². The number of benzene rings is 1. The first-order valence-corrected chi connectivity index (χ1v) is 8.54. The van der Waals surface area contributed by atoms with Gasteiger partial charge in [0, 0.05) is 18.8 Å². The second-order valence-corrected chi connectivity index (χ2v) is 6.02. The van der Waals surface area contributed by atoms with Gasteiger partial charge in [0.2, 0.25) is 11.8 Å². The average Bonchev–Trinajstić information content (AvgIpc) is 2.47. The van der Waals surface area contributed by atoms with Crippen LogP contribution in [-0.4, -0.2) is 42.6 Å². The van der Waals surface area contributed by atoms with Crippen LogP contribution >= 0.6 is 11.8 Å². The molecule has 1 aromatic carbocycles. The number of anilines is 1. The molecule has 2 amide bonds. The summed E-state index contributed by atoms with van der Waals surface area (Å²) in [5, 5.41) is 5.59. The molecule has 0 bridgehead atoms. The summed E-state index contributed by atoms with van der Waals surface area (Å²) in [5.41, 5.74) is 0.766. The number of hydrogen-bond donors (Lipinski definition) is 2. The molecule has 0 aromatic heterocycles. The SMILES string of the molecule is CC(C)OCCCNC(=O)CSCC(=O)Nc1ccccc1. The monoisotopic (exact) mass is 324 g/mol. The summed E-state index contributed by atoms with van der Waals surface area (Å²) in [6.45, 7) is 5.21. The van der Waals surface area contributed by atoms with Gasteiger partial charge in [-0.1, -0.05) is 18.2 Å². The maximum atomic E-state index is 11.7. The molecule has 0 saturated heterocycles. The minimum atomic E-state index is -0.102. The van der Waals surface area contributed by atoms with Crippen LogP contribution in [0.15, 0.2) is 30.3 Å². The standard InChI is InChI=1S/C16H24N2O3S/c1-13(2)21-10-6-9-17-15(19)11-22-12-16(20)18-14-7-4-3-5-8-14/h3-5,7-8,13H,6,9-12H2,1-2H3,(H,17,19)(H,18,20). The molecular formula is C16H24N2O3S. The van der Waals surface area contributed by atoms with Gasteiger partial charge in [0.15, 0.2) is 0 Å². The second-order valence-electron chi connectivity index (χ2n) is 5.03. The third-order valence-corrected chi connectivity index (χ3v) is 3.55. The minimum Gasteiger partial charge on any atom is -0.379 e. The van der Waals surface area contributed by atoms with Gasteiger partial charge in [0.05, 0.1) is 17.6 Å². The Morgan fingerprint density at radius 2 is 1.82 bits per heavy atom. The summed E-state index contributed by atoms with van der Waals surface area (Å²) in [7, 11) is 0. The van der Waals surface area contributed by atoms with Gasteiger partial charge < -0.3 is 15.4 Å². The van der Waals surface area contributed by atoms with Gasteiger partial charge in [-0.3, -0.25) is 9.59 Å². The van der Waals surface area contributed by atoms with E-state index >= 15 is 0 Å². The van der Waals surface area contributed by atoms with E-state index in [-0.39, 0.29) is 29.4 Å². The van der Waals surface area contributed by atoms with Gasteiger partial charge in [-0.05, 0) is 32.4 Å². The van der Waals surface area contributed by atoms with E-state index in [9.17, 15) is 9.59 Å². The van der Waals surface area contributed by atoms with E-state index in [0.717, 1.165) is 12.1 Å². The smallest absolute Gasteiger partial charge is 0.234 e. The van der Waals surface area contributed by atoms with Crippen molar-refractivity contribution in [3.8, 4) is 0 Å². The first-order chi connectivity index (χ1) is 10.6. The minimum absolute atomic E-state index is 0.0536. The lowest BCUT2D eigenvalue weighted by Crippen LogP contribution is -2.27. The molecule has 0 heterocycles. The van der Waals surface area contributed by atoms with Crippen molar-refractivity contribution in [2.45, 2.75) is 26.4 Å². The van der Waals surface area contributed by atoms with E-state index in [4.69, 9.17) is 4.74 Å². The molecule has 2 N–H and O–H groups in total. The Morgan fingerprint density at radius 3 is 2.50 bits per heavy atom. The number of rotatable bonds is 10. The number of para-hydroxylation sites is 1. The molecule has 1 aromatic rings. The summed E-state index contributed by atoms with van der Waals surface area (Å²) >= 11 is 1.30. The summed E-state index contributed by atoms with van der Waals surface area (Å²) in [6, 6.07) is 9.27. The molecule has 0 aliphatic carbocycles. The normalized spacial score (nSPS) is 10.5. The van der Waals surface area contributed by atoms with Crippen LogP contribution in [-0.2, 0) is 14.3 Å². The number of carbonyl (C=O) groups excluding carboxylic acids is 2. The summed E-state index contributed by atoms with van der Waals surface area (Å²) in [5.74, 6) is 0.392. The topological polar surface area (TPSA) is 67.4 Å². The molecule has 0 spiro atoms. The van der Waals surface area contributed by atoms with Gasteiger partial charge in [-0.15, -0.1) is 11.8 Å². The Morgan fingerprint density at radius 1 is 1.14 bits per heavy atom. The quantitative estimate of drug-likeness (QED) is 0.648.